The van der Waals surface area contributed by atoms with E-state index in [2.05, 4.69) is 4.98 Å². The van der Waals surface area contributed by atoms with E-state index in [1.807, 2.05) is 0 Å². The molecule has 2 amide bonds. The molecule has 1 unspecified atom stereocenters. The molecule has 1 saturated heterocycles. The second-order valence-corrected chi connectivity index (χ2v) is 6.35. The Labute approximate surface area is 130 Å². The number of anilines is 1. The highest BCUT2D eigenvalue weighted by molar-refractivity contribution is 5.88. The van der Waals surface area contributed by atoms with Crippen molar-refractivity contribution >= 4 is 17.8 Å². The van der Waals surface area contributed by atoms with Gasteiger partial charge in [-0.15, -0.1) is 0 Å². The van der Waals surface area contributed by atoms with E-state index >= 15 is 0 Å². The number of nitrogens with zero attached hydrogens (tertiary/aromatic N) is 3. The molecule has 1 aliphatic rings. The highest BCUT2D eigenvalue weighted by Crippen LogP contribution is 2.27. The zero-order chi connectivity index (χ0) is 16.5. The monoisotopic (exact) mass is 306 g/mol. The van der Waals surface area contributed by atoms with Crippen LogP contribution in [0.15, 0.2) is 18.3 Å². The van der Waals surface area contributed by atoms with Crippen molar-refractivity contribution in [2.45, 2.75) is 32.4 Å². The van der Waals surface area contributed by atoms with Gasteiger partial charge in [0.1, 0.15) is 17.5 Å². The van der Waals surface area contributed by atoms with Gasteiger partial charge in [0, 0.05) is 31.9 Å². The number of nitrogen functional groups attached to an aromatic ring is 1. The van der Waals surface area contributed by atoms with Gasteiger partial charge in [0.25, 0.3) is 0 Å². The Balaban J connectivity index is 2.32. The fourth-order valence-electron chi connectivity index (χ4n) is 2.26. The van der Waals surface area contributed by atoms with Gasteiger partial charge in [-0.2, -0.15) is 0 Å². The molecule has 1 aromatic rings. The Morgan fingerprint density at radius 2 is 2.05 bits per heavy atom. The molecule has 0 radical (unpaired) electrons. The molecular formula is C15H22N4O3. The molecule has 1 aliphatic heterocycles. The van der Waals surface area contributed by atoms with Gasteiger partial charge >= 0.3 is 6.09 Å². The maximum Gasteiger partial charge on any atom is 0.411 e. The van der Waals surface area contributed by atoms with Crippen molar-refractivity contribution in [1.29, 1.82) is 0 Å². The highest BCUT2D eigenvalue weighted by Gasteiger charge is 2.39. The Morgan fingerprint density at radius 1 is 1.36 bits per heavy atom. The van der Waals surface area contributed by atoms with Crippen molar-refractivity contribution in [2.75, 3.05) is 25.9 Å². The fourth-order valence-corrected chi connectivity index (χ4v) is 2.26. The van der Waals surface area contributed by atoms with Crippen LogP contribution in [0.25, 0.3) is 0 Å². The number of carbonyl (C=O) groups excluding carboxylic acids is 2. The van der Waals surface area contributed by atoms with E-state index in [4.69, 9.17) is 10.5 Å². The molecule has 2 heterocycles. The van der Waals surface area contributed by atoms with E-state index in [1.165, 1.54) is 11.1 Å². The van der Waals surface area contributed by atoms with E-state index in [0.29, 0.717) is 24.5 Å². The first-order chi connectivity index (χ1) is 10.2. The topological polar surface area (TPSA) is 88.8 Å². The Hall–Kier alpha value is -2.31. The van der Waals surface area contributed by atoms with Gasteiger partial charge in [-0.3, -0.25) is 9.69 Å². The number of carbonyl (C=O) groups is 2. The maximum atomic E-state index is 12.5. The number of piperazine rings is 1. The molecule has 120 valence electrons. The highest BCUT2D eigenvalue weighted by atomic mass is 16.6. The van der Waals surface area contributed by atoms with Crippen LogP contribution in [0.1, 0.15) is 32.4 Å². The third-order valence-electron chi connectivity index (χ3n) is 3.35. The minimum atomic E-state index is -0.735. The zero-order valence-corrected chi connectivity index (χ0v) is 13.4. The van der Waals surface area contributed by atoms with Gasteiger partial charge in [-0.1, -0.05) is 6.07 Å². The number of hydrogen-bond donors (Lipinski definition) is 1. The van der Waals surface area contributed by atoms with Crippen LogP contribution in [0.2, 0.25) is 0 Å². The molecule has 22 heavy (non-hydrogen) atoms. The SMILES string of the molecule is CN1CCN(C(=O)OC(C)(C)C)C(c2ccc(N)nc2)C1=O. The standard InChI is InChI=1S/C15H22N4O3/c1-15(2,3)22-14(21)19-8-7-18(4)13(20)12(19)10-5-6-11(16)17-9-10/h5-6,9,12H,7-8H2,1-4H3,(H2,16,17). The van der Waals surface area contributed by atoms with Gasteiger partial charge in [-0.25, -0.2) is 9.78 Å². The third kappa shape index (κ3) is 3.47. The number of rotatable bonds is 1. The quantitative estimate of drug-likeness (QED) is 0.847. The van der Waals surface area contributed by atoms with Crippen molar-refractivity contribution < 1.29 is 14.3 Å². The molecule has 0 aromatic carbocycles. The average Bonchev–Trinajstić information content (AvgIpc) is 2.41. The minimum absolute atomic E-state index is 0.163. The minimum Gasteiger partial charge on any atom is -0.444 e. The molecule has 7 heteroatoms. The first kappa shape index (κ1) is 16.1. The van der Waals surface area contributed by atoms with Gasteiger partial charge in [-0.05, 0) is 26.8 Å². The van der Waals surface area contributed by atoms with Crippen LogP contribution >= 0.6 is 0 Å². The molecular weight excluding hydrogens is 284 g/mol. The molecule has 1 aromatic heterocycles. The fraction of sp³-hybridized carbons (Fsp3) is 0.533. The molecule has 0 saturated carbocycles. The number of nitrogens with two attached hydrogens (primary N) is 1. The van der Waals surface area contributed by atoms with E-state index in [0.717, 1.165) is 0 Å². The Morgan fingerprint density at radius 3 is 2.59 bits per heavy atom. The lowest BCUT2D eigenvalue weighted by Crippen LogP contribution is -2.53. The number of hydrogen-bond acceptors (Lipinski definition) is 5. The molecule has 0 spiro atoms. The van der Waals surface area contributed by atoms with Crippen molar-refractivity contribution in [3.63, 3.8) is 0 Å². The van der Waals surface area contributed by atoms with Crippen molar-refractivity contribution in [2.24, 2.45) is 0 Å². The van der Waals surface area contributed by atoms with Crippen LogP contribution < -0.4 is 5.73 Å². The lowest BCUT2D eigenvalue weighted by Gasteiger charge is -2.39. The van der Waals surface area contributed by atoms with Crippen molar-refractivity contribution in [1.82, 2.24) is 14.8 Å². The summed E-state index contributed by atoms with van der Waals surface area (Å²) in [5.41, 5.74) is 5.59. The summed E-state index contributed by atoms with van der Waals surface area (Å²) >= 11 is 0. The summed E-state index contributed by atoms with van der Waals surface area (Å²) in [6.07, 6.45) is 1.02. The van der Waals surface area contributed by atoms with E-state index < -0.39 is 17.7 Å². The number of pyridine rings is 1. The largest absolute Gasteiger partial charge is 0.444 e. The van der Waals surface area contributed by atoms with Crippen LogP contribution in [-0.2, 0) is 9.53 Å². The summed E-state index contributed by atoms with van der Waals surface area (Å²) in [4.78, 5) is 32.0. The smallest absolute Gasteiger partial charge is 0.411 e. The second-order valence-electron chi connectivity index (χ2n) is 6.35. The Bertz CT molecular complexity index is 565. The average molecular weight is 306 g/mol. The normalized spacial score (nSPS) is 19.3. The lowest BCUT2D eigenvalue weighted by molar-refractivity contribution is -0.140. The van der Waals surface area contributed by atoms with Gasteiger partial charge in [0.15, 0.2) is 0 Å². The predicted octanol–water partition coefficient (Wildman–Crippen LogP) is 1.41. The molecule has 7 nitrogen and oxygen atoms in total. The number of ether oxygens (including phenoxy) is 1. The summed E-state index contributed by atoms with van der Waals surface area (Å²) in [6, 6.07) is 2.59. The molecule has 1 atom stereocenters. The van der Waals surface area contributed by atoms with Gasteiger partial charge < -0.3 is 15.4 Å². The van der Waals surface area contributed by atoms with Crippen LogP contribution in [0.3, 0.4) is 0 Å². The van der Waals surface area contributed by atoms with Crippen LogP contribution in [-0.4, -0.2) is 52.5 Å². The maximum absolute atomic E-state index is 12.5. The van der Waals surface area contributed by atoms with Crippen molar-refractivity contribution in [3.8, 4) is 0 Å². The van der Waals surface area contributed by atoms with E-state index in [1.54, 1.807) is 44.9 Å². The summed E-state index contributed by atoms with van der Waals surface area (Å²) in [5, 5.41) is 0. The molecule has 1 fully saturated rings. The number of amides is 2. The van der Waals surface area contributed by atoms with E-state index in [-0.39, 0.29) is 5.91 Å². The van der Waals surface area contributed by atoms with Gasteiger partial charge in [0.05, 0.1) is 0 Å². The van der Waals surface area contributed by atoms with Crippen LogP contribution in [0, 0.1) is 0 Å². The summed E-state index contributed by atoms with van der Waals surface area (Å²) in [7, 11) is 1.71. The van der Waals surface area contributed by atoms with E-state index in [9.17, 15) is 9.59 Å². The number of likely N-dealkylation sites (N-methyl/N-ethyl adjacent to an activating group) is 1. The molecule has 2 N–H and O–H groups in total. The van der Waals surface area contributed by atoms with Crippen LogP contribution in [0.4, 0.5) is 10.6 Å². The molecule has 2 rings (SSSR count). The summed E-state index contributed by atoms with van der Waals surface area (Å²) in [6.45, 7) is 6.26. The first-order valence-corrected chi connectivity index (χ1v) is 7.15. The predicted molar refractivity (Wildman–Crippen MR) is 82.0 cm³/mol. The molecule has 0 aliphatic carbocycles. The third-order valence-corrected chi connectivity index (χ3v) is 3.35. The summed E-state index contributed by atoms with van der Waals surface area (Å²) < 4.78 is 5.41. The van der Waals surface area contributed by atoms with Crippen LogP contribution in [0.5, 0.6) is 0 Å². The van der Waals surface area contributed by atoms with Gasteiger partial charge in [0.2, 0.25) is 5.91 Å². The zero-order valence-electron chi connectivity index (χ0n) is 13.4. The number of aromatic nitrogens is 1. The first-order valence-electron chi connectivity index (χ1n) is 7.15. The van der Waals surface area contributed by atoms with Crippen molar-refractivity contribution in [3.05, 3.63) is 23.9 Å². The summed E-state index contributed by atoms with van der Waals surface area (Å²) in [5.74, 6) is 0.202. The lowest BCUT2D eigenvalue weighted by atomic mass is 10.0. The Kier molecular flexibility index (Phi) is 4.25. The molecule has 0 bridgehead atoms. The second kappa shape index (κ2) is 5.82.